The van der Waals surface area contributed by atoms with Crippen LogP contribution in [0.4, 0.5) is 0 Å². The molecule has 2 rings (SSSR count). The molecule has 4 N–H and O–H groups in total. The highest BCUT2D eigenvalue weighted by Gasteiger charge is 2.29. The van der Waals surface area contributed by atoms with Gasteiger partial charge in [-0.3, -0.25) is 4.57 Å². The largest absolute Gasteiger partial charge is 0.478 e. The average Bonchev–Trinajstić information content (AvgIpc) is 2.64. The van der Waals surface area contributed by atoms with Gasteiger partial charge < -0.3 is 20.4 Å². The Hall–Kier alpha value is -1.20. The number of rotatable bonds is 9. The molecule has 4 atom stereocenters. The SMILES string of the molecule is CC(NC[C@@H](O)CC(C1CCCCC1)[PH](=O)O)c1cccc(C(=O)O)c1. The molecule has 0 aliphatic heterocycles. The molecule has 0 aromatic heterocycles. The van der Waals surface area contributed by atoms with E-state index in [1.54, 1.807) is 18.2 Å². The summed E-state index contributed by atoms with van der Waals surface area (Å²) in [5.41, 5.74) is 0.743. The van der Waals surface area contributed by atoms with E-state index in [2.05, 4.69) is 5.32 Å². The zero-order valence-electron chi connectivity index (χ0n) is 15.2. The van der Waals surface area contributed by atoms with Gasteiger partial charge in [0.2, 0.25) is 0 Å². The minimum Gasteiger partial charge on any atom is -0.478 e. The molecule has 1 aromatic rings. The molecule has 1 aliphatic rings. The third-order valence-electron chi connectivity index (χ3n) is 5.36. The van der Waals surface area contributed by atoms with E-state index in [0.717, 1.165) is 31.2 Å². The first-order chi connectivity index (χ1) is 12.4. The van der Waals surface area contributed by atoms with Gasteiger partial charge in [0.1, 0.15) is 0 Å². The fourth-order valence-corrected chi connectivity index (χ4v) is 4.99. The van der Waals surface area contributed by atoms with E-state index in [1.165, 1.54) is 6.42 Å². The molecule has 0 radical (unpaired) electrons. The highest BCUT2D eigenvalue weighted by molar-refractivity contribution is 7.38. The maximum absolute atomic E-state index is 11.8. The zero-order valence-corrected chi connectivity index (χ0v) is 16.2. The van der Waals surface area contributed by atoms with Crippen LogP contribution in [0, 0.1) is 5.92 Å². The summed E-state index contributed by atoms with van der Waals surface area (Å²) in [5, 5.41) is 22.6. The quantitative estimate of drug-likeness (QED) is 0.488. The molecular formula is C19H30NO5P. The molecule has 1 aliphatic carbocycles. The molecule has 0 heterocycles. The fourth-order valence-electron chi connectivity index (χ4n) is 3.78. The number of hydrogen-bond acceptors (Lipinski definition) is 4. The fraction of sp³-hybridized carbons (Fsp3) is 0.632. The molecule has 1 aromatic carbocycles. The summed E-state index contributed by atoms with van der Waals surface area (Å²) in [6, 6.07) is 6.58. The molecule has 1 saturated carbocycles. The number of carboxylic acids is 1. The topological polar surface area (TPSA) is 107 Å². The molecule has 0 amide bonds. The Morgan fingerprint density at radius 3 is 2.62 bits per heavy atom. The first kappa shape index (κ1) is 21.1. The van der Waals surface area contributed by atoms with E-state index in [0.29, 0.717) is 13.0 Å². The minimum absolute atomic E-state index is 0.122. The zero-order chi connectivity index (χ0) is 19.1. The van der Waals surface area contributed by atoms with Gasteiger partial charge in [-0.25, -0.2) is 4.79 Å². The monoisotopic (exact) mass is 383 g/mol. The smallest absolute Gasteiger partial charge is 0.335 e. The lowest BCUT2D eigenvalue weighted by atomic mass is 9.85. The van der Waals surface area contributed by atoms with Gasteiger partial charge in [-0.2, -0.15) is 0 Å². The number of aromatic carboxylic acids is 1. The number of hydrogen-bond donors (Lipinski definition) is 4. The van der Waals surface area contributed by atoms with Crippen molar-refractivity contribution in [2.75, 3.05) is 6.54 Å². The maximum Gasteiger partial charge on any atom is 0.335 e. The van der Waals surface area contributed by atoms with Crippen LogP contribution in [0.5, 0.6) is 0 Å². The summed E-state index contributed by atoms with van der Waals surface area (Å²) in [7, 11) is -2.67. The van der Waals surface area contributed by atoms with Crippen LogP contribution in [0.15, 0.2) is 24.3 Å². The van der Waals surface area contributed by atoms with Crippen LogP contribution in [-0.4, -0.2) is 39.4 Å². The lowest BCUT2D eigenvalue weighted by molar-refractivity contribution is 0.0696. The molecule has 3 unspecified atom stereocenters. The number of aliphatic hydroxyl groups is 1. The summed E-state index contributed by atoms with van der Waals surface area (Å²) in [6.07, 6.45) is 4.96. The molecular weight excluding hydrogens is 353 g/mol. The molecule has 6 nitrogen and oxygen atoms in total. The second-order valence-electron chi connectivity index (χ2n) is 7.29. The summed E-state index contributed by atoms with van der Waals surface area (Å²) in [6.45, 7) is 2.21. The number of carboxylic acid groups (broad SMARTS) is 1. The van der Waals surface area contributed by atoms with Crippen LogP contribution in [0.2, 0.25) is 0 Å². The lowest BCUT2D eigenvalue weighted by Gasteiger charge is -2.30. The summed E-state index contributed by atoms with van der Waals surface area (Å²) in [4.78, 5) is 20.8. The number of carbonyl (C=O) groups is 1. The Labute approximate surface area is 155 Å². The van der Waals surface area contributed by atoms with Crippen molar-refractivity contribution in [1.82, 2.24) is 5.32 Å². The van der Waals surface area contributed by atoms with Crippen molar-refractivity contribution >= 4 is 14.0 Å². The minimum atomic E-state index is -2.67. The van der Waals surface area contributed by atoms with Crippen LogP contribution in [0.1, 0.15) is 67.4 Å². The van der Waals surface area contributed by atoms with Crippen molar-refractivity contribution in [3.63, 3.8) is 0 Å². The summed E-state index contributed by atoms with van der Waals surface area (Å²) >= 11 is 0. The van der Waals surface area contributed by atoms with E-state index < -0.39 is 20.1 Å². The molecule has 0 bridgehead atoms. The second-order valence-corrected chi connectivity index (χ2v) is 8.71. The number of benzene rings is 1. The van der Waals surface area contributed by atoms with E-state index in [4.69, 9.17) is 5.11 Å². The van der Waals surface area contributed by atoms with E-state index in [9.17, 15) is 19.4 Å². The predicted molar refractivity (Wildman–Crippen MR) is 102 cm³/mol. The van der Waals surface area contributed by atoms with Crippen LogP contribution in [0.3, 0.4) is 0 Å². The number of nitrogens with one attached hydrogen (secondary N) is 1. The van der Waals surface area contributed by atoms with Gasteiger partial charge in [0.15, 0.2) is 8.03 Å². The van der Waals surface area contributed by atoms with E-state index >= 15 is 0 Å². The Morgan fingerprint density at radius 1 is 1.31 bits per heavy atom. The van der Waals surface area contributed by atoms with Gasteiger partial charge in [0.25, 0.3) is 0 Å². The van der Waals surface area contributed by atoms with Crippen molar-refractivity contribution in [2.24, 2.45) is 5.92 Å². The Kier molecular flexibility index (Phi) is 8.29. The van der Waals surface area contributed by atoms with Gasteiger partial charge in [-0.1, -0.05) is 31.4 Å². The van der Waals surface area contributed by atoms with Gasteiger partial charge in [-0.05, 0) is 49.8 Å². The highest BCUT2D eigenvalue weighted by atomic mass is 31.1. The van der Waals surface area contributed by atoms with Crippen molar-refractivity contribution in [2.45, 2.75) is 63.3 Å². The van der Waals surface area contributed by atoms with Crippen LogP contribution in [0.25, 0.3) is 0 Å². The summed E-state index contributed by atoms with van der Waals surface area (Å²) in [5.74, 6) is -0.734. The lowest BCUT2D eigenvalue weighted by Crippen LogP contribution is -2.33. The van der Waals surface area contributed by atoms with Gasteiger partial charge in [0.05, 0.1) is 11.7 Å². The van der Waals surface area contributed by atoms with Gasteiger partial charge in [0, 0.05) is 18.2 Å². The molecule has 26 heavy (non-hydrogen) atoms. The molecule has 0 saturated heterocycles. The van der Waals surface area contributed by atoms with Crippen molar-refractivity contribution in [3.05, 3.63) is 35.4 Å². The Bertz CT molecular complexity index is 618. The maximum atomic E-state index is 11.8. The molecule has 146 valence electrons. The van der Waals surface area contributed by atoms with Gasteiger partial charge in [-0.15, -0.1) is 0 Å². The van der Waals surface area contributed by atoms with Crippen LogP contribution < -0.4 is 5.32 Å². The number of aliphatic hydroxyl groups excluding tert-OH is 1. The van der Waals surface area contributed by atoms with Crippen molar-refractivity contribution in [1.29, 1.82) is 0 Å². The Balaban J connectivity index is 1.88. The third kappa shape index (κ3) is 6.20. The third-order valence-corrected chi connectivity index (χ3v) is 6.70. The van der Waals surface area contributed by atoms with E-state index in [-0.39, 0.29) is 23.2 Å². The molecule has 7 heteroatoms. The first-order valence-corrected chi connectivity index (χ1v) is 10.8. The first-order valence-electron chi connectivity index (χ1n) is 9.36. The molecule has 1 fully saturated rings. The molecule has 0 spiro atoms. The van der Waals surface area contributed by atoms with E-state index in [1.807, 2.05) is 13.0 Å². The van der Waals surface area contributed by atoms with Crippen molar-refractivity contribution in [3.8, 4) is 0 Å². The standard InChI is InChI=1S/C19H30NO5P/c1-13(15-8-5-9-16(10-15)19(22)23)20-12-17(21)11-18(26(24)25)14-6-3-2-4-7-14/h5,8-10,13-14,17-18,20-21,26H,2-4,6-7,11-12H2,1H3,(H,22,23)(H,24,25)/t13?,17-,18?/m0/s1. The predicted octanol–water partition coefficient (Wildman–Crippen LogP) is 3.20. The second kappa shape index (κ2) is 10.2. The highest BCUT2D eigenvalue weighted by Crippen LogP contribution is 2.40. The van der Waals surface area contributed by atoms with Crippen molar-refractivity contribution < 1.29 is 24.5 Å². The Morgan fingerprint density at radius 2 is 2.00 bits per heavy atom. The van der Waals surface area contributed by atoms with Crippen LogP contribution >= 0.6 is 8.03 Å². The normalized spacial score (nSPS) is 20.3. The average molecular weight is 383 g/mol. The summed E-state index contributed by atoms with van der Waals surface area (Å²) < 4.78 is 11.8. The van der Waals surface area contributed by atoms with Gasteiger partial charge >= 0.3 is 5.97 Å². The van der Waals surface area contributed by atoms with Crippen LogP contribution in [-0.2, 0) is 4.57 Å².